The molecule has 0 atom stereocenters. The number of methoxy groups -OCH3 is 2. The third kappa shape index (κ3) is 4.67. The first-order valence-electron chi connectivity index (χ1n) is 9.15. The monoisotopic (exact) mass is 405 g/mol. The van der Waals surface area contributed by atoms with E-state index < -0.39 is 0 Å². The van der Waals surface area contributed by atoms with Crippen LogP contribution in [0.1, 0.15) is 0 Å². The number of hydrogen-bond acceptors (Lipinski definition) is 7. The number of nitrogens with zero attached hydrogens (tertiary/aromatic N) is 2. The molecule has 154 valence electrons. The molecule has 3 aromatic rings. The topological polar surface area (TPSA) is 97.4 Å². The molecule has 3 N–H and O–H groups in total. The Balaban J connectivity index is 1.94. The van der Waals surface area contributed by atoms with Gasteiger partial charge in [-0.1, -0.05) is 18.7 Å². The molecule has 3 rings (SSSR count). The summed E-state index contributed by atoms with van der Waals surface area (Å²) in [6.07, 6.45) is 2.92. The third-order valence-electron chi connectivity index (χ3n) is 4.30. The van der Waals surface area contributed by atoms with Crippen molar-refractivity contribution in [1.29, 1.82) is 0 Å². The summed E-state index contributed by atoms with van der Waals surface area (Å²) < 4.78 is 10.7. The SMILES string of the molecule is C=CC(=O)Nc1ccccc1Nc1ncc(-c2cc(OC)cc(OC)c2)c(NC)n1. The summed E-state index contributed by atoms with van der Waals surface area (Å²) in [6.45, 7) is 3.47. The smallest absolute Gasteiger partial charge is 0.247 e. The molecule has 8 nitrogen and oxygen atoms in total. The van der Waals surface area contributed by atoms with Crippen LogP contribution in [0.25, 0.3) is 11.1 Å². The largest absolute Gasteiger partial charge is 0.497 e. The molecule has 0 fully saturated rings. The molecule has 0 radical (unpaired) electrons. The average Bonchev–Trinajstić information content (AvgIpc) is 2.79. The van der Waals surface area contributed by atoms with Gasteiger partial charge in [-0.2, -0.15) is 4.98 Å². The lowest BCUT2D eigenvalue weighted by atomic mass is 10.1. The van der Waals surface area contributed by atoms with Crippen LogP contribution in [0.5, 0.6) is 11.5 Å². The molecule has 0 saturated heterocycles. The number of rotatable bonds is 8. The van der Waals surface area contributed by atoms with Crippen molar-refractivity contribution < 1.29 is 14.3 Å². The van der Waals surface area contributed by atoms with E-state index in [-0.39, 0.29) is 5.91 Å². The van der Waals surface area contributed by atoms with Gasteiger partial charge in [-0.25, -0.2) is 4.98 Å². The molecule has 2 aromatic carbocycles. The molecule has 0 aliphatic heterocycles. The first-order chi connectivity index (χ1) is 14.6. The van der Waals surface area contributed by atoms with Crippen LogP contribution in [0.15, 0.2) is 61.3 Å². The zero-order valence-electron chi connectivity index (χ0n) is 17.0. The standard InChI is InChI=1S/C22H23N5O3/c1-5-20(28)25-18-8-6-7-9-19(18)26-22-24-13-17(21(23-2)27-22)14-10-15(29-3)12-16(11-14)30-4/h5-13H,1H2,2-4H3,(H,25,28)(H2,23,24,26,27). The summed E-state index contributed by atoms with van der Waals surface area (Å²) in [7, 11) is 4.98. The number of benzene rings is 2. The molecular formula is C22H23N5O3. The van der Waals surface area contributed by atoms with Gasteiger partial charge >= 0.3 is 0 Å². The van der Waals surface area contributed by atoms with E-state index in [4.69, 9.17) is 9.47 Å². The summed E-state index contributed by atoms with van der Waals surface area (Å²) >= 11 is 0. The highest BCUT2D eigenvalue weighted by Crippen LogP contribution is 2.33. The number of ether oxygens (including phenoxy) is 2. The molecule has 0 bridgehead atoms. The van der Waals surface area contributed by atoms with Gasteiger partial charge in [0.15, 0.2) is 0 Å². The lowest BCUT2D eigenvalue weighted by Gasteiger charge is -2.14. The second-order valence-electron chi connectivity index (χ2n) is 6.17. The van der Waals surface area contributed by atoms with Gasteiger partial charge in [-0.3, -0.25) is 4.79 Å². The quantitative estimate of drug-likeness (QED) is 0.486. The van der Waals surface area contributed by atoms with Crippen LogP contribution in [-0.4, -0.2) is 37.1 Å². The van der Waals surface area contributed by atoms with Crippen molar-refractivity contribution in [2.45, 2.75) is 0 Å². The zero-order chi connectivity index (χ0) is 21.5. The highest BCUT2D eigenvalue weighted by molar-refractivity contribution is 6.01. The highest BCUT2D eigenvalue weighted by Gasteiger charge is 2.13. The van der Waals surface area contributed by atoms with Crippen LogP contribution in [0.4, 0.5) is 23.1 Å². The molecular weight excluding hydrogens is 382 g/mol. The molecule has 0 saturated carbocycles. The molecule has 1 aromatic heterocycles. The normalized spacial score (nSPS) is 10.1. The second-order valence-corrected chi connectivity index (χ2v) is 6.17. The predicted molar refractivity (Wildman–Crippen MR) is 119 cm³/mol. The molecule has 1 amide bonds. The lowest BCUT2D eigenvalue weighted by molar-refractivity contribution is -0.111. The van der Waals surface area contributed by atoms with Crippen molar-refractivity contribution in [2.24, 2.45) is 0 Å². The van der Waals surface area contributed by atoms with Gasteiger partial charge in [-0.05, 0) is 35.9 Å². The van der Waals surface area contributed by atoms with Gasteiger partial charge in [0.25, 0.3) is 0 Å². The number of amides is 1. The number of anilines is 4. The number of nitrogens with one attached hydrogen (secondary N) is 3. The molecule has 0 aliphatic rings. The fourth-order valence-electron chi connectivity index (χ4n) is 2.81. The van der Waals surface area contributed by atoms with E-state index in [0.717, 1.165) is 11.1 Å². The van der Waals surface area contributed by atoms with Crippen molar-refractivity contribution in [3.8, 4) is 22.6 Å². The molecule has 30 heavy (non-hydrogen) atoms. The van der Waals surface area contributed by atoms with E-state index in [2.05, 4.69) is 32.5 Å². The van der Waals surface area contributed by atoms with Gasteiger partial charge in [0.1, 0.15) is 17.3 Å². The van der Waals surface area contributed by atoms with Crippen molar-refractivity contribution in [2.75, 3.05) is 37.2 Å². The maximum atomic E-state index is 11.7. The Morgan fingerprint density at radius 1 is 1.07 bits per heavy atom. The first kappa shape index (κ1) is 20.7. The fourth-order valence-corrected chi connectivity index (χ4v) is 2.81. The van der Waals surface area contributed by atoms with Gasteiger partial charge in [-0.15, -0.1) is 0 Å². The average molecular weight is 405 g/mol. The Hall–Kier alpha value is -4.07. The molecule has 0 spiro atoms. The first-order valence-corrected chi connectivity index (χ1v) is 9.15. The van der Waals surface area contributed by atoms with E-state index >= 15 is 0 Å². The minimum atomic E-state index is -0.302. The molecule has 0 aliphatic carbocycles. The van der Waals surface area contributed by atoms with Crippen LogP contribution < -0.4 is 25.4 Å². The minimum Gasteiger partial charge on any atom is -0.497 e. The van der Waals surface area contributed by atoms with E-state index in [1.165, 1.54) is 6.08 Å². The Bertz CT molecular complexity index is 1050. The Kier molecular flexibility index (Phi) is 6.49. The Morgan fingerprint density at radius 3 is 2.33 bits per heavy atom. The summed E-state index contributed by atoms with van der Waals surface area (Å²) in [4.78, 5) is 20.7. The van der Waals surface area contributed by atoms with Crippen LogP contribution in [0.3, 0.4) is 0 Å². The van der Waals surface area contributed by atoms with E-state index in [0.29, 0.717) is 34.6 Å². The fraction of sp³-hybridized carbons (Fsp3) is 0.136. The molecule has 8 heteroatoms. The maximum absolute atomic E-state index is 11.7. The van der Waals surface area contributed by atoms with Crippen molar-refractivity contribution in [3.63, 3.8) is 0 Å². The number of carbonyl (C=O) groups excluding carboxylic acids is 1. The number of aromatic nitrogens is 2. The molecule has 0 unspecified atom stereocenters. The summed E-state index contributed by atoms with van der Waals surface area (Å²) in [5.74, 6) is 2.03. The summed E-state index contributed by atoms with van der Waals surface area (Å²) in [6, 6.07) is 12.8. The van der Waals surface area contributed by atoms with Crippen molar-refractivity contribution in [3.05, 3.63) is 61.3 Å². The molecule has 1 heterocycles. The van der Waals surface area contributed by atoms with E-state index in [1.807, 2.05) is 30.3 Å². The Labute approximate surface area is 175 Å². The highest BCUT2D eigenvalue weighted by atomic mass is 16.5. The minimum absolute atomic E-state index is 0.302. The third-order valence-corrected chi connectivity index (χ3v) is 4.30. The summed E-state index contributed by atoms with van der Waals surface area (Å²) in [5, 5.41) is 8.99. The van der Waals surface area contributed by atoms with Crippen molar-refractivity contribution >= 4 is 29.0 Å². The number of para-hydroxylation sites is 2. The maximum Gasteiger partial charge on any atom is 0.247 e. The Morgan fingerprint density at radius 2 is 1.73 bits per heavy atom. The van der Waals surface area contributed by atoms with E-state index in [9.17, 15) is 4.79 Å². The number of carbonyl (C=O) groups is 1. The van der Waals surface area contributed by atoms with Gasteiger partial charge in [0.2, 0.25) is 11.9 Å². The van der Waals surface area contributed by atoms with Crippen LogP contribution in [0.2, 0.25) is 0 Å². The number of hydrogen-bond donors (Lipinski definition) is 3. The van der Waals surface area contributed by atoms with Gasteiger partial charge < -0.3 is 25.4 Å². The lowest BCUT2D eigenvalue weighted by Crippen LogP contribution is -2.10. The van der Waals surface area contributed by atoms with Crippen LogP contribution in [-0.2, 0) is 4.79 Å². The van der Waals surface area contributed by atoms with E-state index in [1.54, 1.807) is 39.6 Å². The van der Waals surface area contributed by atoms with Crippen LogP contribution >= 0.6 is 0 Å². The van der Waals surface area contributed by atoms with Crippen molar-refractivity contribution in [1.82, 2.24) is 9.97 Å². The zero-order valence-corrected chi connectivity index (χ0v) is 17.0. The van der Waals surface area contributed by atoms with Gasteiger partial charge in [0.05, 0.1) is 25.6 Å². The predicted octanol–water partition coefficient (Wildman–Crippen LogP) is 4.07. The second kappa shape index (κ2) is 9.42. The van der Waals surface area contributed by atoms with Gasteiger partial charge in [0, 0.05) is 24.9 Å². The van der Waals surface area contributed by atoms with Crippen LogP contribution in [0, 0.1) is 0 Å². The summed E-state index contributed by atoms with van der Waals surface area (Å²) in [5.41, 5.74) is 2.89.